The number of nitrogens with two attached hydrogens (primary N) is 1. The summed E-state index contributed by atoms with van der Waals surface area (Å²) in [5, 5.41) is 8.53. The molecular weight excluding hydrogens is 128 g/mol. The first-order chi connectivity index (χ1) is 4.67. The van der Waals surface area contributed by atoms with E-state index in [-0.39, 0.29) is 0 Å². The summed E-state index contributed by atoms with van der Waals surface area (Å²) >= 11 is 0. The van der Waals surface area contributed by atoms with Gasteiger partial charge in [-0.2, -0.15) is 5.26 Å². The Kier molecular flexibility index (Phi) is 1.48. The van der Waals surface area contributed by atoms with Crippen LogP contribution in [0.2, 0.25) is 0 Å². The van der Waals surface area contributed by atoms with Crippen molar-refractivity contribution in [2.24, 2.45) is 5.73 Å². The Labute approximate surface area is 59.1 Å². The Morgan fingerprint density at radius 1 is 1.80 bits per heavy atom. The van der Waals surface area contributed by atoms with Gasteiger partial charge >= 0.3 is 0 Å². The minimum absolute atomic E-state index is 0.495. The summed E-state index contributed by atoms with van der Waals surface area (Å²) < 4.78 is 4.94. The topological polar surface area (TPSA) is 63.0 Å². The quantitative estimate of drug-likeness (QED) is 0.625. The lowest BCUT2D eigenvalue weighted by atomic mass is 10.0. The van der Waals surface area contributed by atoms with Crippen LogP contribution in [0.25, 0.3) is 0 Å². The first-order valence-electron chi connectivity index (χ1n) is 2.91. The van der Waals surface area contributed by atoms with Crippen molar-refractivity contribution in [1.29, 1.82) is 5.26 Å². The summed E-state index contributed by atoms with van der Waals surface area (Å²) in [7, 11) is 0. The molecule has 1 heterocycles. The van der Waals surface area contributed by atoms with Crippen LogP contribution in [0.1, 0.15) is 12.7 Å². The highest BCUT2D eigenvalue weighted by Gasteiger charge is 2.22. The summed E-state index contributed by atoms with van der Waals surface area (Å²) in [4.78, 5) is 0. The second-order valence-electron chi connectivity index (χ2n) is 2.29. The maximum atomic E-state index is 8.53. The molecule has 0 aromatic carbocycles. The van der Waals surface area contributed by atoms with Crippen molar-refractivity contribution >= 4 is 0 Å². The Morgan fingerprint density at radius 3 is 2.90 bits per heavy atom. The van der Waals surface area contributed by atoms with Crippen molar-refractivity contribution < 1.29 is 4.42 Å². The van der Waals surface area contributed by atoms with E-state index >= 15 is 0 Å². The van der Waals surface area contributed by atoms with E-state index in [4.69, 9.17) is 15.4 Å². The normalized spacial score (nSPS) is 15.7. The van der Waals surface area contributed by atoms with E-state index < -0.39 is 5.54 Å². The molecule has 0 unspecified atom stereocenters. The summed E-state index contributed by atoms with van der Waals surface area (Å²) in [5.74, 6) is 0.495. The molecule has 0 amide bonds. The van der Waals surface area contributed by atoms with Gasteiger partial charge in [0.2, 0.25) is 0 Å². The molecule has 2 N–H and O–H groups in total. The van der Waals surface area contributed by atoms with E-state index in [0.717, 1.165) is 0 Å². The molecule has 0 bridgehead atoms. The van der Waals surface area contributed by atoms with Crippen LogP contribution in [-0.2, 0) is 5.54 Å². The molecule has 0 fully saturated rings. The van der Waals surface area contributed by atoms with Crippen LogP contribution in [0.15, 0.2) is 22.8 Å². The molecule has 0 spiro atoms. The number of hydrogen-bond donors (Lipinski definition) is 1. The van der Waals surface area contributed by atoms with Crippen molar-refractivity contribution in [3.05, 3.63) is 24.2 Å². The van der Waals surface area contributed by atoms with Gasteiger partial charge in [0.15, 0.2) is 5.54 Å². The number of rotatable bonds is 1. The van der Waals surface area contributed by atoms with Crippen LogP contribution in [-0.4, -0.2) is 0 Å². The molecular formula is C7H8N2O. The average Bonchev–Trinajstić information content (AvgIpc) is 2.38. The predicted octanol–water partition coefficient (Wildman–Crippen LogP) is 0.977. The number of nitrogens with zero attached hydrogens (tertiary/aromatic N) is 1. The van der Waals surface area contributed by atoms with Gasteiger partial charge in [0.1, 0.15) is 5.76 Å². The van der Waals surface area contributed by atoms with Crippen molar-refractivity contribution in [2.45, 2.75) is 12.5 Å². The van der Waals surface area contributed by atoms with Crippen LogP contribution >= 0.6 is 0 Å². The molecule has 0 saturated carbocycles. The Bertz CT molecular complexity index is 243. The van der Waals surface area contributed by atoms with Gasteiger partial charge in [-0.15, -0.1) is 0 Å². The van der Waals surface area contributed by atoms with Crippen LogP contribution < -0.4 is 5.73 Å². The van der Waals surface area contributed by atoms with E-state index in [1.54, 1.807) is 19.1 Å². The van der Waals surface area contributed by atoms with Crippen LogP contribution in [0.3, 0.4) is 0 Å². The summed E-state index contributed by atoms with van der Waals surface area (Å²) in [6.07, 6.45) is 1.50. The summed E-state index contributed by atoms with van der Waals surface area (Å²) in [6.45, 7) is 1.60. The third-order valence-corrected chi connectivity index (χ3v) is 1.27. The van der Waals surface area contributed by atoms with E-state index in [1.165, 1.54) is 6.26 Å². The SMILES string of the molecule is C[C@](N)(C#N)c1ccco1. The maximum Gasteiger partial charge on any atom is 0.159 e. The third-order valence-electron chi connectivity index (χ3n) is 1.27. The highest BCUT2D eigenvalue weighted by Crippen LogP contribution is 2.15. The zero-order valence-corrected chi connectivity index (χ0v) is 5.66. The minimum atomic E-state index is -0.997. The molecule has 0 aliphatic heterocycles. The van der Waals surface area contributed by atoms with Crippen LogP contribution in [0.4, 0.5) is 0 Å². The largest absolute Gasteiger partial charge is 0.466 e. The van der Waals surface area contributed by atoms with Gasteiger partial charge in [-0.05, 0) is 19.1 Å². The Morgan fingerprint density at radius 2 is 2.50 bits per heavy atom. The molecule has 0 aliphatic rings. The fraction of sp³-hybridized carbons (Fsp3) is 0.286. The molecule has 1 rings (SSSR count). The third kappa shape index (κ3) is 1.02. The van der Waals surface area contributed by atoms with E-state index in [1.807, 2.05) is 6.07 Å². The van der Waals surface area contributed by atoms with Gasteiger partial charge in [-0.25, -0.2) is 0 Å². The smallest absolute Gasteiger partial charge is 0.159 e. The lowest BCUT2D eigenvalue weighted by molar-refractivity contribution is 0.432. The molecule has 1 aromatic heterocycles. The molecule has 1 atom stereocenters. The minimum Gasteiger partial charge on any atom is -0.466 e. The van der Waals surface area contributed by atoms with E-state index in [2.05, 4.69) is 0 Å². The standard InChI is InChI=1S/C7H8N2O/c1-7(9,5-8)6-3-2-4-10-6/h2-4H,9H2,1H3/t7-/m0/s1. The van der Waals surface area contributed by atoms with Gasteiger partial charge in [-0.1, -0.05) is 0 Å². The Balaban J connectivity index is 2.99. The van der Waals surface area contributed by atoms with Gasteiger partial charge in [0.25, 0.3) is 0 Å². The van der Waals surface area contributed by atoms with Crippen molar-refractivity contribution in [2.75, 3.05) is 0 Å². The van der Waals surface area contributed by atoms with Crippen molar-refractivity contribution in [1.82, 2.24) is 0 Å². The highest BCUT2D eigenvalue weighted by atomic mass is 16.3. The van der Waals surface area contributed by atoms with E-state index in [9.17, 15) is 0 Å². The molecule has 3 nitrogen and oxygen atoms in total. The lowest BCUT2D eigenvalue weighted by Gasteiger charge is -2.09. The van der Waals surface area contributed by atoms with Crippen molar-refractivity contribution in [3.63, 3.8) is 0 Å². The zero-order chi connectivity index (χ0) is 7.61. The lowest BCUT2D eigenvalue weighted by Crippen LogP contribution is -2.30. The molecule has 0 radical (unpaired) electrons. The average molecular weight is 136 g/mol. The molecule has 52 valence electrons. The van der Waals surface area contributed by atoms with Gasteiger partial charge in [0.05, 0.1) is 12.3 Å². The molecule has 0 saturated heterocycles. The predicted molar refractivity (Wildman–Crippen MR) is 35.9 cm³/mol. The number of hydrogen-bond acceptors (Lipinski definition) is 3. The van der Waals surface area contributed by atoms with Crippen molar-refractivity contribution in [3.8, 4) is 6.07 Å². The monoisotopic (exact) mass is 136 g/mol. The molecule has 0 aliphatic carbocycles. The molecule has 3 heteroatoms. The summed E-state index contributed by atoms with van der Waals surface area (Å²) in [5.41, 5.74) is 4.53. The second-order valence-corrected chi connectivity index (χ2v) is 2.29. The second kappa shape index (κ2) is 2.16. The Hall–Kier alpha value is -1.27. The van der Waals surface area contributed by atoms with Crippen LogP contribution in [0, 0.1) is 11.3 Å². The molecule has 1 aromatic rings. The fourth-order valence-electron chi connectivity index (χ4n) is 0.629. The van der Waals surface area contributed by atoms with Gasteiger partial charge in [0, 0.05) is 0 Å². The summed E-state index contributed by atoms with van der Waals surface area (Å²) in [6, 6.07) is 5.32. The zero-order valence-electron chi connectivity index (χ0n) is 5.66. The van der Waals surface area contributed by atoms with Gasteiger partial charge in [-0.3, -0.25) is 0 Å². The first-order valence-corrected chi connectivity index (χ1v) is 2.91. The van der Waals surface area contributed by atoms with Gasteiger partial charge < -0.3 is 10.2 Å². The number of furan rings is 1. The highest BCUT2D eigenvalue weighted by molar-refractivity contribution is 5.19. The maximum absolute atomic E-state index is 8.53. The fourth-order valence-corrected chi connectivity index (χ4v) is 0.629. The van der Waals surface area contributed by atoms with Crippen LogP contribution in [0.5, 0.6) is 0 Å². The first kappa shape index (κ1) is 6.84. The molecule has 10 heavy (non-hydrogen) atoms. The number of nitriles is 1. The van der Waals surface area contributed by atoms with E-state index in [0.29, 0.717) is 5.76 Å².